The average Bonchev–Trinajstić information content (AvgIpc) is 2.54. The lowest BCUT2D eigenvalue weighted by molar-refractivity contribution is -0.0989. The van der Waals surface area contributed by atoms with Crippen molar-refractivity contribution in [1.29, 1.82) is 0 Å². The number of hydrogen-bond donors (Lipinski definition) is 2. The van der Waals surface area contributed by atoms with Gasteiger partial charge in [-0.15, -0.1) is 0 Å². The number of hydrogen-bond acceptors (Lipinski definition) is 3. The van der Waals surface area contributed by atoms with E-state index in [1.807, 2.05) is 30.3 Å². The molecule has 3 heteroatoms. The molecule has 0 bridgehead atoms. The van der Waals surface area contributed by atoms with Gasteiger partial charge in [-0.05, 0) is 25.3 Å². The van der Waals surface area contributed by atoms with E-state index in [0.717, 1.165) is 5.56 Å². The Bertz CT molecular complexity index is 334. The van der Waals surface area contributed by atoms with Crippen LogP contribution in [-0.2, 0) is 11.3 Å². The van der Waals surface area contributed by atoms with Crippen LogP contribution in [0.4, 0.5) is 0 Å². The summed E-state index contributed by atoms with van der Waals surface area (Å²) in [5.41, 5.74) is 0.0858. The van der Waals surface area contributed by atoms with E-state index in [1.165, 1.54) is 0 Å². The molecule has 0 heterocycles. The predicted molar refractivity (Wildman–Crippen MR) is 60.9 cm³/mol. The number of aliphatic hydroxyl groups is 2. The van der Waals surface area contributed by atoms with Crippen molar-refractivity contribution in [3.63, 3.8) is 0 Å². The second-order valence-corrected chi connectivity index (χ2v) is 4.68. The average molecular weight is 222 g/mol. The summed E-state index contributed by atoms with van der Waals surface area (Å²) in [5.74, 6) is 0. The summed E-state index contributed by atoms with van der Waals surface area (Å²) in [6.07, 6.45) is 0.264. The third kappa shape index (κ3) is 2.43. The van der Waals surface area contributed by atoms with E-state index in [-0.39, 0.29) is 6.10 Å². The van der Waals surface area contributed by atoms with E-state index in [2.05, 4.69) is 0 Å². The zero-order chi connectivity index (χ0) is 11.6. The minimum absolute atomic E-state index is 0.254. The highest BCUT2D eigenvalue weighted by Gasteiger charge is 2.43. The first-order valence-corrected chi connectivity index (χ1v) is 5.65. The van der Waals surface area contributed by atoms with Gasteiger partial charge >= 0.3 is 0 Å². The number of benzene rings is 1. The molecule has 16 heavy (non-hydrogen) atoms. The maximum absolute atomic E-state index is 9.82. The van der Waals surface area contributed by atoms with E-state index >= 15 is 0 Å². The Kier molecular flexibility index (Phi) is 3.28. The molecule has 3 atom stereocenters. The highest BCUT2D eigenvalue weighted by Crippen LogP contribution is 2.32. The lowest BCUT2D eigenvalue weighted by Gasteiger charge is -2.24. The summed E-state index contributed by atoms with van der Waals surface area (Å²) < 4.78 is 5.63. The Balaban J connectivity index is 1.88. The molecule has 2 rings (SSSR count). The number of ether oxygens (including phenoxy) is 1. The van der Waals surface area contributed by atoms with Crippen LogP contribution >= 0.6 is 0 Å². The molecule has 0 aliphatic heterocycles. The Morgan fingerprint density at radius 3 is 2.62 bits per heavy atom. The quantitative estimate of drug-likeness (QED) is 0.814. The van der Waals surface area contributed by atoms with Crippen LogP contribution in [0.25, 0.3) is 0 Å². The lowest BCUT2D eigenvalue weighted by atomic mass is 10.0. The summed E-state index contributed by atoms with van der Waals surface area (Å²) in [5, 5.41) is 19.6. The van der Waals surface area contributed by atoms with E-state index in [1.54, 1.807) is 6.92 Å². The highest BCUT2D eigenvalue weighted by atomic mass is 16.5. The van der Waals surface area contributed by atoms with Crippen molar-refractivity contribution in [3.8, 4) is 0 Å². The highest BCUT2D eigenvalue weighted by molar-refractivity contribution is 5.13. The predicted octanol–water partition coefficient (Wildman–Crippen LogP) is 1.48. The molecule has 1 aliphatic carbocycles. The van der Waals surface area contributed by atoms with E-state index in [9.17, 15) is 10.2 Å². The third-order valence-corrected chi connectivity index (χ3v) is 3.23. The van der Waals surface area contributed by atoms with Crippen molar-refractivity contribution in [2.45, 2.75) is 44.2 Å². The Morgan fingerprint density at radius 2 is 2.06 bits per heavy atom. The van der Waals surface area contributed by atoms with Crippen LogP contribution in [0.15, 0.2) is 30.3 Å². The Hall–Kier alpha value is -0.900. The first-order valence-electron chi connectivity index (χ1n) is 5.65. The molecule has 0 unspecified atom stereocenters. The van der Waals surface area contributed by atoms with Gasteiger partial charge in [0.2, 0.25) is 0 Å². The van der Waals surface area contributed by atoms with Crippen LogP contribution in [-0.4, -0.2) is 28.0 Å². The molecular formula is C13H18O3. The number of rotatable bonds is 3. The van der Waals surface area contributed by atoms with Crippen molar-refractivity contribution in [3.05, 3.63) is 35.9 Å². The molecule has 1 fully saturated rings. The molecule has 0 radical (unpaired) electrons. The maximum atomic E-state index is 9.82. The molecule has 0 saturated heterocycles. The van der Waals surface area contributed by atoms with Crippen molar-refractivity contribution in [2.24, 2.45) is 0 Å². The second-order valence-electron chi connectivity index (χ2n) is 4.68. The lowest BCUT2D eigenvalue weighted by Crippen LogP contribution is -2.39. The first kappa shape index (κ1) is 11.6. The summed E-state index contributed by atoms with van der Waals surface area (Å²) >= 11 is 0. The van der Waals surface area contributed by atoms with E-state index in [4.69, 9.17) is 4.74 Å². The van der Waals surface area contributed by atoms with Crippen LogP contribution in [0.5, 0.6) is 0 Å². The van der Waals surface area contributed by atoms with Gasteiger partial charge in [-0.1, -0.05) is 30.3 Å². The molecule has 0 amide bonds. The summed E-state index contributed by atoms with van der Waals surface area (Å²) in [6.45, 7) is 2.14. The standard InChI is InChI=1S/C13H18O3/c1-13(15)8-7-11(12(13)14)16-9-10-5-3-2-4-6-10/h2-6,11-12,14-15H,7-9H2,1H3/t11-,12+,13-/m0/s1. The molecule has 1 aromatic rings. The van der Waals surface area contributed by atoms with E-state index in [0.29, 0.717) is 19.4 Å². The van der Waals surface area contributed by atoms with Gasteiger partial charge in [0.1, 0.15) is 6.10 Å². The fourth-order valence-electron chi connectivity index (χ4n) is 2.09. The topological polar surface area (TPSA) is 49.7 Å². The zero-order valence-corrected chi connectivity index (χ0v) is 9.47. The minimum atomic E-state index is -0.999. The normalized spacial score (nSPS) is 34.2. The van der Waals surface area contributed by atoms with Gasteiger partial charge in [0.05, 0.1) is 18.3 Å². The van der Waals surface area contributed by atoms with Crippen LogP contribution < -0.4 is 0 Å². The monoisotopic (exact) mass is 222 g/mol. The van der Waals surface area contributed by atoms with Crippen LogP contribution in [0.2, 0.25) is 0 Å². The van der Waals surface area contributed by atoms with Crippen molar-refractivity contribution in [1.82, 2.24) is 0 Å². The van der Waals surface area contributed by atoms with Crippen LogP contribution in [0, 0.1) is 0 Å². The van der Waals surface area contributed by atoms with Gasteiger partial charge < -0.3 is 14.9 Å². The van der Waals surface area contributed by atoms with Gasteiger partial charge in [0.25, 0.3) is 0 Å². The second kappa shape index (κ2) is 4.53. The molecule has 1 aromatic carbocycles. The van der Waals surface area contributed by atoms with Gasteiger partial charge in [-0.3, -0.25) is 0 Å². The third-order valence-electron chi connectivity index (χ3n) is 3.23. The van der Waals surface area contributed by atoms with Crippen molar-refractivity contribution in [2.75, 3.05) is 0 Å². The molecular weight excluding hydrogens is 204 g/mol. The molecule has 1 aliphatic rings. The first-order chi connectivity index (χ1) is 7.59. The van der Waals surface area contributed by atoms with Gasteiger partial charge in [-0.25, -0.2) is 0 Å². The van der Waals surface area contributed by atoms with E-state index < -0.39 is 11.7 Å². The Morgan fingerprint density at radius 1 is 1.38 bits per heavy atom. The summed E-state index contributed by atoms with van der Waals surface area (Å²) in [6, 6.07) is 9.84. The van der Waals surface area contributed by atoms with Crippen molar-refractivity contribution < 1.29 is 14.9 Å². The largest absolute Gasteiger partial charge is 0.387 e. The van der Waals surface area contributed by atoms with Crippen LogP contribution in [0.3, 0.4) is 0 Å². The fourth-order valence-corrected chi connectivity index (χ4v) is 2.09. The fraction of sp³-hybridized carbons (Fsp3) is 0.538. The van der Waals surface area contributed by atoms with Crippen molar-refractivity contribution >= 4 is 0 Å². The van der Waals surface area contributed by atoms with Gasteiger partial charge in [0, 0.05) is 0 Å². The zero-order valence-electron chi connectivity index (χ0n) is 9.47. The molecule has 0 aromatic heterocycles. The minimum Gasteiger partial charge on any atom is -0.387 e. The molecule has 0 spiro atoms. The molecule has 1 saturated carbocycles. The van der Waals surface area contributed by atoms with Gasteiger partial charge in [0.15, 0.2) is 0 Å². The SMILES string of the molecule is C[C@]1(O)CC[C@H](OCc2ccccc2)[C@H]1O. The molecule has 2 N–H and O–H groups in total. The van der Waals surface area contributed by atoms with Gasteiger partial charge in [-0.2, -0.15) is 0 Å². The van der Waals surface area contributed by atoms with Crippen LogP contribution in [0.1, 0.15) is 25.3 Å². The smallest absolute Gasteiger partial charge is 0.108 e. The molecule has 88 valence electrons. The maximum Gasteiger partial charge on any atom is 0.108 e. The Labute approximate surface area is 95.7 Å². The summed E-state index contributed by atoms with van der Waals surface area (Å²) in [7, 11) is 0. The molecule has 3 nitrogen and oxygen atoms in total. The number of aliphatic hydroxyl groups excluding tert-OH is 1. The summed E-state index contributed by atoms with van der Waals surface area (Å²) in [4.78, 5) is 0.